The summed E-state index contributed by atoms with van der Waals surface area (Å²) in [5.41, 5.74) is 1.96. The fourth-order valence-corrected chi connectivity index (χ4v) is 3.36. The van der Waals surface area contributed by atoms with Gasteiger partial charge >= 0.3 is 0 Å². The first-order chi connectivity index (χ1) is 10.0. The first-order valence-corrected chi connectivity index (χ1v) is 8.75. The van der Waals surface area contributed by atoms with Crippen molar-refractivity contribution in [3.8, 4) is 0 Å². The molecule has 1 N–H and O–H groups in total. The van der Waals surface area contributed by atoms with Crippen LogP contribution >= 0.6 is 45.8 Å². The van der Waals surface area contributed by atoms with Crippen molar-refractivity contribution in [2.45, 2.75) is 31.8 Å². The third-order valence-corrected chi connectivity index (χ3v) is 4.95. The molecule has 0 saturated heterocycles. The standard InChI is InChI=1S/C17H17Cl2IO/c1-2-4-14(11-7-8-15(18)16(19)10-11)17(21)12-5-3-6-13(20)9-12/h3,5-10,14,17,21H,2,4H2,1H3/t14-,17+/m1/s1. The van der Waals surface area contributed by atoms with Gasteiger partial charge in [-0.25, -0.2) is 0 Å². The minimum Gasteiger partial charge on any atom is -0.388 e. The fourth-order valence-electron chi connectivity index (χ4n) is 2.48. The summed E-state index contributed by atoms with van der Waals surface area (Å²) >= 11 is 14.4. The van der Waals surface area contributed by atoms with Crippen LogP contribution in [0.5, 0.6) is 0 Å². The van der Waals surface area contributed by atoms with Crippen molar-refractivity contribution in [1.29, 1.82) is 0 Å². The molecule has 1 nitrogen and oxygen atoms in total. The molecule has 112 valence electrons. The summed E-state index contributed by atoms with van der Waals surface area (Å²) in [7, 11) is 0. The van der Waals surface area contributed by atoms with Gasteiger partial charge in [0.25, 0.3) is 0 Å². The highest BCUT2D eigenvalue weighted by molar-refractivity contribution is 14.1. The first kappa shape index (κ1) is 17.1. The number of halogens is 3. The van der Waals surface area contributed by atoms with Crippen molar-refractivity contribution in [3.63, 3.8) is 0 Å². The number of hydrogen-bond acceptors (Lipinski definition) is 1. The molecule has 2 aromatic rings. The maximum Gasteiger partial charge on any atom is 0.0858 e. The van der Waals surface area contributed by atoms with Gasteiger partial charge in [0.15, 0.2) is 0 Å². The average Bonchev–Trinajstić information content (AvgIpc) is 2.47. The maximum absolute atomic E-state index is 10.8. The third kappa shape index (κ3) is 4.35. The second-order valence-electron chi connectivity index (χ2n) is 5.07. The van der Waals surface area contributed by atoms with Crippen molar-refractivity contribution >= 4 is 45.8 Å². The van der Waals surface area contributed by atoms with Gasteiger partial charge in [-0.3, -0.25) is 0 Å². The second-order valence-corrected chi connectivity index (χ2v) is 7.13. The van der Waals surface area contributed by atoms with Gasteiger partial charge in [-0.05, 0) is 64.4 Å². The molecule has 0 unspecified atom stereocenters. The van der Waals surface area contributed by atoms with Gasteiger partial charge in [0.05, 0.1) is 16.1 Å². The van der Waals surface area contributed by atoms with E-state index in [0.29, 0.717) is 10.0 Å². The molecule has 0 radical (unpaired) electrons. The molecule has 0 spiro atoms. The summed E-state index contributed by atoms with van der Waals surface area (Å²) in [5.74, 6) is 0.0166. The van der Waals surface area contributed by atoms with Crippen LogP contribution in [0.25, 0.3) is 0 Å². The van der Waals surface area contributed by atoms with Crippen molar-refractivity contribution in [3.05, 3.63) is 67.2 Å². The van der Waals surface area contributed by atoms with E-state index in [0.717, 1.165) is 27.5 Å². The zero-order chi connectivity index (χ0) is 15.4. The summed E-state index contributed by atoms with van der Waals surface area (Å²) in [4.78, 5) is 0. The number of benzene rings is 2. The Morgan fingerprint density at radius 1 is 1.05 bits per heavy atom. The molecule has 0 aliphatic rings. The Kier molecular flexibility index (Phi) is 6.35. The maximum atomic E-state index is 10.8. The molecule has 21 heavy (non-hydrogen) atoms. The lowest BCUT2D eigenvalue weighted by Gasteiger charge is -2.24. The third-order valence-electron chi connectivity index (χ3n) is 3.54. The zero-order valence-corrected chi connectivity index (χ0v) is 15.4. The monoisotopic (exact) mass is 434 g/mol. The van der Waals surface area contributed by atoms with Crippen molar-refractivity contribution in [1.82, 2.24) is 0 Å². The van der Waals surface area contributed by atoms with Gasteiger partial charge in [-0.1, -0.05) is 54.7 Å². The van der Waals surface area contributed by atoms with Gasteiger partial charge in [0, 0.05) is 9.49 Å². The van der Waals surface area contributed by atoms with E-state index in [-0.39, 0.29) is 5.92 Å². The number of aliphatic hydroxyl groups excluding tert-OH is 1. The molecule has 0 fully saturated rings. The van der Waals surface area contributed by atoms with Crippen LogP contribution in [0.1, 0.15) is 42.9 Å². The van der Waals surface area contributed by atoms with Gasteiger partial charge in [-0.2, -0.15) is 0 Å². The minimum atomic E-state index is -0.545. The van der Waals surface area contributed by atoms with Gasteiger partial charge in [-0.15, -0.1) is 0 Å². The lowest BCUT2D eigenvalue weighted by molar-refractivity contribution is 0.140. The second kappa shape index (κ2) is 7.82. The Bertz CT molecular complexity index is 615. The first-order valence-electron chi connectivity index (χ1n) is 6.91. The van der Waals surface area contributed by atoms with Gasteiger partial charge in [0.1, 0.15) is 0 Å². The summed E-state index contributed by atoms with van der Waals surface area (Å²) in [6.07, 6.45) is 1.34. The number of hydrogen-bond donors (Lipinski definition) is 1. The normalized spacial score (nSPS) is 14.0. The molecule has 0 saturated carbocycles. The molecule has 0 heterocycles. The Morgan fingerprint density at radius 2 is 1.81 bits per heavy atom. The van der Waals surface area contributed by atoms with Crippen molar-refractivity contribution in [2.75, 3.05) is 0 Å². The summed E-state index contributed by atoms with van der Waals surface area (Å²) in [6.45, 7) is 2.12. The summed E-state index contributed by atoms with van der Waals surface area (Å²) in [5, 5.41) is 11.8. The molecular weight excluding hydrogens is 418 g/mol. The zero-order valence-electron chi connectivity index (χ0n) is 11.7. The van der Waals surface area contributed by atoms with Crippen molar-refractivity contribution < 1.29 is 5.11 Å². The SMILES string of the molecule is CCC[C@H](c1ccc(Cl)c(Cl)c1)[C@@H](O)c1cccc(I)c1. The molecule has 2 atom stereocenters. The number of aliphatic hydroxyl groups is 1. The van der Waals surface area contributed by atoms with Gasteiger partial charge < -0.3 is 5.11 Å². The number of rotatable bonds is 5. The molecule has 0 aromatic heterocycles. The topological polar surface area (TPSA) is 20.2 Å². The molecular formula is C17H17Cl2IO. The molecule has 0 bridgehead atoms. The van der Waals surface area contributed by atoms with Crippen LogP contribution in [0, 0.1) is 3.57 Å². The van der Waals surface area contributed by atoms with E-state index >= 15 is 0 Å². The summed E-state index contributed by atoms with van der Waals surface area (Å²) in [6, 6.07) is 13.6. The van der Waals surface area contributed by atoms with E-state index in [2.05, 4.69) is 29.5 Å². The van der Waals surface area contributed by atoms with E-state index < -0.39 is 6.10 Å². The Morgan fingerprint density at radius 3 is 2.43 bits per heavy atom. The van der Waals surface area contributed by atoms with Crippen LogP contribution in [0.15, 0.2) is 42.5 Å². The van der Waals surface area contributed by atoms with Crippen LogP contribution in [-0.2, 0) is 0 Å². The highest BCUT2D eigenvalue weighted by Crippen LogP contribution is 2.37. The van der Waals surface area contributed by atoms with Crippen LogP contribution in [0.2, 0.25) is 10.0 Å². The van der Waals surface area contributed by atoms with E-state index in [1.54, 1.807) is 6.07 Å². The smallest absolute Gasteiger partial charge is 0.0858 e. The molecule has 4 heteroatoms. The molecule has 0 amide bonds. The van der Waals surface area contributed by atoms with Crippen LogP contribution in [0.3, 0.4) is 0 Å². The lowest BCUT2D eigenvalue weighted by atomic mass is 9.86. The van der Waals surface area contributed by atoms with E-state index in [1.165, 1.54) is 0 Å². The van der Waals surface area contributed by atoms with Crippen LogP contribution < -0.4 is 0 Å². The fraction of sp³-hybridized carbons (Fsp3) is 0.294. The Labute approximate surface area is 149 Å². The van der Waals surface area contributed by atoms with Crippen molar-refractivity contribution in [2.24, 2.45) is 0 Å². The summed E-state index contributed by atoms with van der Waals surface area (Å²) < 4.78 is 1.12. The molecule has 2 rings (SSSR count). The predicted octanol–water partition coefficient (Wildman–Crippen LogP) is 6.22. The van der Waals surface area contributed by atoms with Crippen LogP contribution in [-0.4, -0.2) is 5.11 Å². The van der Waals surface area contributed by atoms with Gasteiger partial charge in [0.2, 0.25) is 0 Å². The highest BCUT2D eigenvalue weighted by atomic mass is 127. The minimum absolute atomic E-state index is 0.0166. The Hall–Kier alpha value is -0.290. The van der Waals surface area contributed by atoms with E-state index in [4.69, 9.17) is 23.2 Å². The molecule has 2 aromatic carbocycles. The van der Waals surface area contributed by atoms with E-state index in [9.17, 15) is 5.11 Å². The largest absolute Gasteiger partial charge is 0.388 e. The predicted molar refractivity (Wildman–Crippen MR) is 98.2 cm³/mol. The molecule has 0 aliphatic heterocycles. The Balaban J connectivity index is 2.35. The average molecular weight is 435 g/mol. The highest BCUT2D eigenvalue weighted by Gasteiger charge is 2.22. The lowest BCUT2D eigenvalue weighted by Crippen LogP contribution is -2.11. The quantitative estimate of drug-likeness (QED) is 0.554. The van der Waals surface area contributed by atoms with Crippen LogP contribution in [0.4, 0.5) is 0 Å². The van der Waals surface area contributed by atoms with E-state index in [1.807, 2.05) is 36.4 Å². The molecule has 0 aliphatic carbocycles.